The van der Waals surface area contributed by atoms with Crippen LogP contribution in [-0.2, 0) is 11.2 Å². The molecule has 0 aliphatic rings. The van der Waals surface area contributed by atoms with Crippen molar-refractivity contribution < 1.29 is 9.53 Å². The van der Waals surface area contributed by atoms with Crippen LogP contribution >= 0.6 is 0 Å². The molecule has 0 unspecified atom stereocenters. The van der Waals surface area contributed by atoms with Crippen molar-refractivity contribution in [3.05, 3.63) is 40.2 Å². The van der Waals surface area contributed by atoms with E-state index in [2.05, 4.69) is 17.2 Å². The highest BCUT2D eigenvalue weighted by molar-refractivity contribution is 5.81. The molecule has 0 spiro atoms. The van der Waals surface area contributed by atoms with Crippen LogP contribution < -0.4 is 15.6 Å². The lowest BCUT2D eigenvalue weighted by molar-refractivity contribution is -0.121. The first-order valence-corrected chi connectivity index (χ1v) is 7.60. The standard InChI is InChI=1S/C17H22N2O3/c1-3-4-9-18-16(20)8-6-13-10-12-5-7-14(22-2)11-15(12)19-17(13)21/h5,7,10-11H,3-4,6,8-9H2,1-2H3,(H,18,20)(H,19,21). The van der Waals surface area contributed by atoms with Gasteiger partial charge in [0.1, 0.15) is 5.75 Å². The van der Waals surface area contributed by atoms with E-state index in [0.717, 1.165) is 23.7 Å². The summed E-state index contributed by atoms with van der Waals surface area (Å²) in [5.74, 6) is 0.689. The molecule has 0 saturated heterocycles. The van der Waals surface area contributed by atoms with E-state index in [1.54, 1.807) is 13.2 Å². The van der Waals surface area contributed by atoms with E-state index < -0.39 is 0 Å². The number of benzene rings is 1. The van der Waals surface area contributed by atoms with Crippen molar-refractivity contribution in [3.63, 3.8) is 0 Å². The van der Waals surface area contributed by atoms with Gasteiger partial charge in [-0.3, -0.25) is 9.59 Å². The lowest BCUT2D eigenvalue weighted by atomic mass is 10.1. The van der Waals surface area contributed by atoms with E-state index in [1.165, 1.54) is 0 Å². The maximum atomic E-state index is 12.1. The minimum Gasteiger partial charge on any atom is -0.497 e. The van der Waals surface area contributed by atoms with E-state index in [4.69, 9.17) is 4.74 Å². The van der Waals surface area contributed by atoms with Crippen molar-refractivity contribution in [2.45, 2.75) is 32.6 Å². The molecule has 1 aromatic carbocycles. The highest BCUT2D eigenvalue weighted by Crippen LogP contribution is 2.18. The lowest BCUT2D eigenvalue weighted by Gasteiger charge is -2.06. The van der Waals surface area contributed by atoms with Crippen molar-refractivity contribution in [2.24, 2.45) is 0 Å². The van der Waals surface area contributed by atoms with Gasteiger partial charge in [-0.25, -0.2) is 0 Å². The Morgan fingerprint density at radius 2 is 2.14 bits per heavy atom. The summed E-state index contributed by atoms with van der Waals surface area (Å²) >= 11 is 0. The summed E-state index contributed by atoms with van der Waals surface area (Å²) in [6, 6.07) is 7.38. The van der Waals surface area contributed by atoms with Crippen LogP contribution in [0.4, 0.5) is 0 Å². The van der Waals surface area contributed by atoms with Crippen molar-refractivity contribution in [2.75, 3.05) is 13.7 Å². The number of aryl methyl sites for hydroxylation is 1. The zero-order chi connectivity index (χ0) is 15.9. The van der Waals surface area contributed by atoms with E-state index in [9.17, 15) is 9.59 Å². The molecule has 0 fully saturated rings. The number of unbranched alkanes of at least 4 members (excludes halogenated alkanes) is 1. The number of aromatic amines is 1. The fraction of sp³-hybridized carbons (Fsp3) is 0.412. The third kappa shape index (κ3) is 4.10. The SMILES string of the molecule is CCCCNC(=O)CCc1cc2ccc(OC)cc2[nH]c1=O. The smallest absolute Gasteiger partial charge is 0.251 e. The van der Waals surface area contributed by atoms with Gasteiger partial charge in [-0.05, 0) is 36.4 Å². The van der Waals surface area contributed by atoms with Crippen molar-refractivity contribution in [1.82, 2.24) is 10.3 Å². The predicted molar refractivity (Wildman–Crippen MR) is 87.4 cm³/mol. The molecule has 2 N–H and O–H groups in total. The largest absolute Gasteiger partial charge is 0.497 e. The minimum atomic E-state index is -0.151. The number of carbonyl (C=O) groups is 1. The lowest BCUT2D eigenvalue weighted by Crippen LogP contribution is -2.25. The molecule has 0 aliphatic heterocycles. The molecule has 2 aromatic rings. The number of hydrogen-bond donors (Lipinski definition) is 2. The summed E-state index contributed by atoms with van der Waals surface area (Å²) < 4.78 is 5.14. The Bertz CT molecular complexity index is 707. The molecule has 0 radical (unpaired) electrons. The Hall–Kier alpha value is -2.30. The van der Waals surface area contributed by atoms with Crippen LogP contribution in [0.3, 0.4) is 0 Å². The molecule has 0 aliphatic carbocycles. The maximum Gasteiger partial charge on any atom is 0.251 e. The summed E-state index contributed by atoms with van der Waals surface area (Å²) in [5, 5.41) is 3.79. The minimum absolute atomic E-state index is 0.0114. The fourth-order valence-electron chi connectivity index (χ4n) is 2.28. The number of pyridine rings is 1. The molecule has 22 heavy (non-hydrogen) atoms. The van der Waals surface area contributed by atoms with Crippen LogP contribution in [0.5, 0.6) is 5.75 Å². The molecule has 2 rings (SSSR count). The molecular weight excluding hydrogens is 280 g/mol. The Morgan fingerprint density at radius 1 is 1.32 bits per heavy atom. The van der Waals surface area contributed by atoms with Gasteiger partial charge in [0.25, 0.3) is 5.56 Å². The van der Waals surface area contributed by atoms with Gasteiger partial charge >= 0.3 is 0 Å². The first kappa shape index (κ1) is 16.1. The van der Waals surface area contributed by atoms with E-state index in [1.807, 2.05) is 18.2 Å². The second-order valence-corrected chi connectivity index (χ2v) is 5.28. The van der Waals surface area contributed by atoms with Gasteiger partial charge in [-0.2, -0.15) is 0 Å². The number of fused-ring (bicyclic) bond motifs is 1. The molecule has 0 saturated carbocycles. The maximum absolute atomic E-state index is 12.1. The monoisotopic (exact) mass is 302 g/mol. The summed E-state index contributed by atoms with van der Waals surface area (Å²) in [4.78, 5) is 26.6. The normalized spacial score (nSPS) is 10.6. The second kappa shape index (κ2) is 7.64. The first-order valence-electron chi connectivity index (χ1n) is 7.60. The third-order valence-electron chi connectivity index (χ3n) is 3.60. The molecule has 5 heteroatoms. The highest BCUT2D eigenvalue weighted by atomic mass is 16.5. The van der Waals surface area contributed by atoms with Gasteiger partial charge < -0.3 is 15.0 Å². The molecule has 0 bridgehead atoms. The molecule has 1 aromatic heterocycles. The van der Waals surface area contributed by atoms with Crippen LogP contribution in [0.2, 0.25) is 0 Å². The number of rotatable bonds is 7. The second-order valence-electron chi connectivity index (χ2n) is 5.28. The summed E-state index contributed by atoms with van der Waals surface area (Å²) in [7, 11) is 1.59. The number of H-pyrrole nitrogens is 1. The van der Waals surface area contributed by atoms with Crippen molar-refractivity contribution >= 4 is 16.8 Å². The number of amides is 1. The third-order valence-corrected chi connectivity index (χ3v) is 3.60. The van der Waals surface area contributed by atoms with Crippen LogP contribution in [0.25, 0.3) is 10.9 Å². The number of nitrogens with one attached hydrogen (secondary N) is 2. The zero-order valence-electron chi connectivity index (χ0n) is 13.1. The topological polar surface area (TPSA) is 71.2 Å². The van der Waals surface area contributed by atoms with Crippen molar-refractivity contribution in [3.8, 4) is 5.75 Å². The Morgan fingerprint density at radius 3 is 2.86 bits per heavy atom. The Kier molecular flexibility index (Phi) is 5.58. The van der Waals surface area contributed by atoms with Gasteiger partial charge in [-0.1, -0.05) is 13.3 Å². The number of methoxy groups -OCH3 is 1. The summed E-state index contributed by atoms with van der Waals surface area (Å²) in [5.41, 5.74) is 1.21. The Balaban J connectivity index is 2.07. The summed E-state index contributed by atoms with van der Waals surface area (Å²) in [6.45, 7) is 2.78. The molecule has 0 atom stereocenters. The highest BCUT2D eigenvalue weighted by Gasteiger charge is 2.07. The Labute approximate surface area is 129 Å². The van der Waals surface area contributed by atoms with Crippen LogP contribution in [0, 0.1) is 0 Å². The quantitative estimate of drug-likeness (QED) is 0.771. The average molecular weight is 302 g/mol. The molecular formula is C17H22N2O3. The molecule has 1 heterocycles. The van der Waals surface area contributed by atoms with Gasteiger partial charge in [0.2, 0.25) is 5.91 Å². The van der Waals surface area contributed by atoms with E-state index in [-0.39, 0.29) is 11.5 Å². The van der Waals surface area contributed by atoms with Crippen LogP contribution in [0.1, 0.15) is 31.7 Å². The molecule has 5 nitrogen and oxygen atoms in total. The average Bonchev–Trinajstić information content (AvgIpc) is 2.52. The molecule has 118 valence electrons. The zero-order valence-corrected chi connectivity index (χ0v) is 13.1. The first-order chi connectivity index (χ1) is 10.6. The number of hydrogen-bond acceptors (Lipinski definition) is 3. The predicted octanol–water partition coefficient (Wildman–Crippen LogP) is 2.39. The van der Waals surface area contributed by atoms with Crippen LogP contribution in [0.15, 0.2) is 29.1 Å². The number of ether oxygens (including phenoxy) is 1. The number of carbonyl (C=O) groups excluding carboxylic acids is 1. The van der Waals surface area contributed by atoms with E-state index in [0.29, 0.717) is 30.7 Å². The van der Waals surface area contributed by atoms with Crippen molar-refractivity contribution in [1.29, 1.82) is 0 Å². The van der Waals surface area contributed by atoms with E-state index >= 15 is 0 Å². The van der Waals surface area contributed by atoms with Gasteiger partial charge in [0, 0.05) is 24.6 Å². The van der Waals surface area contributed by atoms with Gasteiger partial charge in [0.05, 0.1) is 12.6 Å². The summed E-state index contributed by atoms with van der Waals surface area (Å²) in [6.07, 6.45) is 2.79. The fourth-order valence-corrected chi connectivity index (χ4v) is 2.28. The number of aromatic nitrogens is 1. The van der Waals surface area contributed by atoms with Gasteiger partial charge in [-0.15, -0.1) is 0 Å². The van der Waals surface area contributed by atoms with Gasteiger partial charge in [0.15, 0.2) is 0 Å². The molecule has 1 amide bonds. The van der Waals surface area contributed by atoms with Crippen LogP contribution in [-0.4, -0.2) is 24.5 Å².